The Morgan fingerprint density at radius 1 is 0.857 bits per heavy atom. The topological polar surface area (TPSA) is 83.7 Å². The minimum Gasteiger partial charge on any atom is -0.368 e. The molecule has 2 saturated heterocycles. The van der Waals surface area contributed by atoms with Crippen LogP contribution in [0.3, 0.4) is 0 Å². The molecule has 2 N–H and O–H groups in total. The number of nitrogens with two attached hydrogens (primary N) is 1. The quantitative estimate of drug-likeness (QED) is 0.830. The lowest BCUT2D eigenvalue weighted by atomic mass is 9.95. The molecule has 1 aromatic carbocycles. The molecule has 1 aromatic rings. The highest BCUT2D eigenvalue weighted by Crippen LogP contribution is 2.34. The zero-order valence-electron chi connectivity index (χ0n) is 17.7. The maximum absolute atomic E-state index is 13.5. The summed E-state index contributed by atoms with van der Waals surface area (Å²) < 4.78 is 28.6. The third-order valence-corrected chi connectivity index (χ3v) is 9.22. The summed E-state index contributed by atoms with van der Waals surface area (Å²) in [5.41, 5.74) is 10.5. The molecular weight excluding hydrogens is 374 g/mol. The van der Waals surface area contributed by atoms with E-state index in [1.165, 1.54) is 5.56 Å². The van der Waals surface area contributed by atoms with Crippen molar-refractivity contribution in [2.45, 2.75) is 77.3 Å². The highest BCUT2D eigenvalue weighted by atomic mass is 32.2. The van der Waals surface area contributed by atoms with Crippen LogP contribution in [0.5, 0.6) is 0 Å². The molecule has 0 aliphatic carbocycles. The summed E-state index contributed by atoms with van der Waals surface area (Å²) in [4.78, 5) is 14.4. The fraction of sp³-hybridized carbons (Fsp3) is 0.667. The van der Waals surface area contributed by atoms with E-state index in [9.17, 15) is 13.2 Å². The number of carbonyl (C=O) groups is 1. The molecule has 7 heteroatoms. The summed E-state index contributed by atoms with van der Waals surface area (Å²) in [6.07, 6.45) is 3.27. The fourth-order valence-corrected chi connectivity index (χ4v) is 6.96. The van der Waals surface area contributed by atoms with E-state index < -0.39 is 10.0 Å². The summed E-state index contributed by atoms with van der Waals surface area (Å²) in [5, 5.41) is 0. The van der Waals surface area contributed by atoms with Crippen LogP contribution in [-0.2, 0) is 14.8 Å². The summed E-state index contributed by atoms with van der Waals surface area (Å²) >= 11 is 0. The zero-order valence-corrected chi connectivity index (χ0v) is 18.5. The van der Waals surface area contributed by atoms with Crippen molar-refractivity contribution in [3.05, 3.63) is 27.8 Å². The normalized spacial score (nSPS) is 22.7. The van der Waals surface area contributed by atoms with Crippen LogP contribution < -0.4 is 5.73 Å². The van der Waals surface area contributed by atoms with E-state index in [1.807, 2.05) is 27.7 Å². The maximum Gasteiger partial charge on any atom is 0.243 e. The fourth-order valence-electron chi connectivity index (χ4n) is 4.93. The number of nitrogens with zero attached hydrogens (tertiary/aromatic N) is 2. The minimum absolute atomic E-state index is 0.194. The van der Waals surface area contributed by atoms with E-state index in [4.69, 9.17) is 5.73 Å². The molecule has 0 unspecified atom stereocenters. The summed E-state index contributed by atoms with van der Waals surface area (Å²) in [6.45, 7) is 11.7. The molecule has 1 atom stereocenters. The average Bonchev–Trinajstić information content (AvgIpc) is 3.15. The number of sulfonamides is 1. The monoisotopic (exact) mass is 407 g/mol. The largest absolute Gasteiger partial charge is 0.368 e. The van der Waals surface area contributed by atoms with Crippen molar-refractivity contribution in [2.24, 2.45) is 5.73 Å². The number of rotatable bonds is 4. The predicted octanol–water partition coefficient (Wildman–Crippen LogP) is 2.33. The van der Waals surface area contributed by atoms with E-state index in [2.05, 4.69) is 11.8 Å². The van der Waals surface area contributed by atoms with Crippen molar-refractivity contribution in [3.8, 4) is 0 Å². The highest BCUT2D eigenvalue weighted by molar-refractivity contribution is 7.89. The van der Waals surface area contributed by atoms with Crippen LogP contribution >= 0.6 is 0 Å². The Balaban J connectivity index is 1.82. The van der Waals surface area contributed by atoms with Gasteiger partial charge in [-0.1, -0.05) is 0 Å². The Hall–Kier alpha value is -1.44. The smallest absolute Gasteiger partial charge is 0.243 e. The van der Waals surface area contributed by atoms with Gasteiger partial charge >= 0.3 is 0 Å². The van der Waals surface area contributed by atoms with Crippen molar-refractivity contribution >= 4 is 15.9 Å². The van der Waals surface area contributed by atoms with Crippen molar-refractivity contribution < 1.29 is 13.2 Å². The molecule has 0 saturated carbocycles. The number of benzene rings is 1. The van der Waals surface area contributed by atoms with Gasteiger partial charge in [-0.3, -0.25) is 9.69 Å². The van der Waals surface area contributed by atoms with Gasteiger partial charge in [-0.15, -0.1) is 0 Å². The Morgan fingerprint density at radius 3 is 1.86 bits per heavy atom. The first-order valence-electron chi connectivity index (χ1n) is 10.2. The molecule has 2 aliphatic heterocycles. The summed E-state index contributed by atoms with van der Waals surface area (Å²) in [5.74, 6) is -0.260. The van der Waals surface area contributed by atoms with Gasteiger partial charge in [0.05, 0.1) is 10.9 Å². The molecule has 1 amide bonds. The van der Waals surface area contributed by atoms with Crippen molar-refractivity contribution in [3.63, 3.8) is 0 Å². The molecule has 0 bridgehead atoms. The zero-order chi connectivity index (χ0) is 20.8. The van der Waals surface area contributed by atoms with Crippen molar-refractivity contribution in [2.75, 3.05) is 19.6 Å². The first kappa shape index (κ1) is 21.3. The number of primary amides is 1. The number of likely N-dealkylation sites (tertiary alicyclic amines) is 1. The summed E-state index contributed by atoms with van der Waals surface area (Å²) in [6, 6.07) is 0.0372. The number of hydrogen-bond donors (Lipinski definition) is 1. The SMILES string of the molecule is Cc1c(C)c(C)c(S(=O)(=O)N2CCC(N3CCC[C@@H]3C(N)=O)CC2)c(C)c1C. The molecule has 2 fully saturated rings. The molecular formula is C21H33N3O3S. The molecule has 2 aliphatic rings. The third kappa shape index (κ3) is 3.48. The van der Waals surface area contributed by atoms with Crippen LogP contribution in [0.4, 0.5) is 0 Å². The Morgan fingerprint density at radius 2 is 1.36 bits per heavy atom. The van der Waals surface area contributed by atoms with Crippen LogP contribution in [0, 0.1) is 34.6 Å². The molecule has 156 valence electrons. The molecule has 6 nitrogen and oxygen atoms in total. The Labute approximate surface area is 169 Å². The third-order valence-electron chi connectivity index (χ3n) is 7.04. The lowest BCUT2D eigenvalue weighted by molar-refractivity contribution is -0.123. The summed E-state index contributed by atoms with van der Waals surface area (Å²) in [7, 11) is -3.54. The second-order valence-electron chi connectivity index (χ2n) is 8.39. The van der Waals surface area contributed by atoms with Crippen molar-refractivity contribution in [1.29, 1.82) is 0 Å². The lowest BCUT2D eigenvalue weighted by Crippen LogP contribution is -2.51. The van der Waals surface area contributed by atoms with Gasteiger partial charge in [0.1, 0.15) is 0 Å². The van der Waals surface area contributed by atoms with Gasteiger partial charge in [-0.25, -0.2) is 8.42 Å². The predicted molar refractivity (Wildman–Crippen MR) is 111 cm³/mol. The second-order valence-corrected chi connectivity index (χ2v) is 10.3. The van der Waals surface area contributed by atoms with Gasteiger partial charge in [0.15, 0.2) is 0 Å². The van der Waals surface area contributed by atoms with Gasteiger partial charge in [0.25, 0.3) is 0 Å². The highest BCUT2D eigenvalue weighted by Gasteiger charge is 2.38. The van der Waals surface area contributed by atoms with Gasteiger partial charge in [-0.2, -0.15) is 4.31 Å². The van der Waals surface area contributed by atoms with Gasteiger partial charge < -0.3 is 5.73 Å². The number of hydrogen-bond acceptors (Lipinski definition) is 4. The molecule has 3 rings (SSSR count). The van der Waals surface area contributed by atoms with Crippen LogP contribution in [0.25, 0.3) is 0 Å². The Kier molecular flexibility index (Phi) is 5.90. The maximum atomic E-state index is 13.5. The van der Waals surface area contributed by atoms with Crippen LogP contribution in [-0.4, -0.2) is 55.2 Å². The minimum atomic E-state index is -3.54. The lowest BCUT2D eigenvalue weighted by Gasteiger charge is -2.38. The first-order valence-corrected chi connectivity index (χ1v) is 11.6. The molecule has 0 radical (unpaired) electrons. The standard InChI is InChI=1S/C21H33N3O3S/c1-13-14(2)16(4)20(17(5)15(13)3)28(26,27)23-11-8-18(9-12-23)24-10-6-7-19(24)21(22)25/h18-19H,6-12H2,1-5H3,(H2,22,25)/t19-/m1/s1. The number of carbonyl (C=O) groups excluding carboxylic acids is 1. The number of piperidine rings is 1. The van der Waals surface area contributed by atoms with Crippen LogP contribution in [0.15, 0.2) is 4.90 Å². The van der Waals surface area contributed by atoms with Crippen LogP contribution in [0.2, 0.25) is 0 Å². The van der Waals surface area contributed by atoms with Crippen LogP contribution in [0.1, 0.15) is 53.5 Å². The average molecular weight is 408 g/mol. The van der Waals surface area contributed by atoms with Crippen molar-refractivity contribution in [1.82, 2.24) is 9.21 Å². The number of amides is 1. The van der Waals surface area contributed by atoms with Gasteiger partial charge in [0.2, 0.25) is 15.9 Å². The first-order chi connectivity index (χ1) is 13.1. The second kappa shape index (κ2) is 7.76. The molecule has 0 aromatic heterocycles. The van der Waals surface area contributed by atoms with E-state index in [0.717, 1.165) is 54.5 Å². The molecule has 0 spiro atoms. The van der Waals surface area contributed by atoms with Gasteiger partial charge in [0, 0.05) is 19.1 Å². The van der Waals surface area contributed by atoms with E-state index in [1.54, 1.807) is 4.31 Å². The van der Waals surface area contributed by atoms with E-state index >= 15 is 0 Å². The molecule has 2 heterocycles. The molecule has 28 heavy (non-hydrogen) atoms. The van der Waals surface area contributed by atoms with E-state index in [0.29, 0.717) is 18.0 Å². The van der Waals surface area contributed by atoms with E-state index in [-0.39, 0.29) is 18.0 Å². The Bertz CT molecular complexity index is 858. The van der Waals surface area contributed by atoms with Gasteiger partial charge in [-0.05, 0) is 94.7 Å².